The predicted octanol–water partition coefficient (Wildman–Crippen LogP) is 3.54. The van der Waals surface area contributed by atoms with Gasteiger partial charge in [0, 0.05) is 18.0 Å². The van der Waals surface area contributed by atoms with E-state index >= 15 is 0 Å². The molecule has 0 saturated heterocycles. The molecular weight excluding hydrogens is 274 g/mol. The van der Waals surface area contributed by atoms with Gasteiger partial charge in [-0.3, -0.25) is 4.98 Å². The number of nitrogens with zero attached hydrogens (tertiary/aromatic N) is 3. The molecular formula is C17H17N5. The zero-order valence-corrected chi connectivity index (χ0v) is 12.3. The smallest absolute Gasteiger partial charge is 0.136 e. The highest BCUT2D eigenvalue weighted by molar-refractivity contribution is 5.59. The highest BCUT2D eigenvalue weighted by atomic mass is 15.1. The molecule has 2 N–H and O–H groups in total. The van der Waals surface area contributed by atoms with E-state index in [-0.39, 0.29) is 0 Å². The molecule has 0 aliphatic carbocycles. The zero-order chi connectivity index (χ0) is 15.2. The van der Waals surface area contributed by atoms with Gasteiger partial charge in [-0.1, -0.05) is 24.3 Å². The van der Waals surface area contributed by atoms with E-state index in [1.165, 1.54) is 0 Å². The highest BCUT2D eigenvalue weighted by Gasteiger charge is 2.03. The van der Waals surface area contributed by atoms with Crippen LogP contribution in [0.4, 0.5) is 17.3 Å². The quantitative estimate of drug-likeness (QED) is 0.753. The molecule has 2 aromatic heterocycles. The third kappa shape index (κ3) is 3.79. The third-order valence-corrected chi connectivity index (χ3v) is 3.06. The number of hydrogen-bond donors (Lipinski definition) is 2. The molecule has 3 rings (SSSR count). The first-order valence-corrected chi connectivity index (χ1v) is 7.11. The maximum atomic E-state index is 4.41. The van der Waals surface area contributed by atoms with Crippen LogP contribution >= 0.6 is 0 Å². The summed E-state index contributed by atoms with van der Waals surface area (Å²) in [7, 11) is 0. The van der Waals surface area contributed by atoms with Crippen LogP contribution in [0.3, 0.4) is 0 Å². The Morgan fingerprint density at radius 2 is 1.68 bits per heavy atom. The van der Waals surface area contributed by atoms with Crippen LogP contribution in [-0.4, -0.2) is 15.0 Å². The van der Waals surface area contributed by atoms with E-state index in [1.54, 1.807) is 6.20 Å². The van der Waals surface area contributed by atoms with E-state index in [0.717, 1.165) is 23.0 Å². The van der Waals surface area contributed by atoms with Crippen molar-refractivity contribution >= 4 is 17.3 Å². The van der Waals surface area contributed by atoms with Crippen LogP contribution in [-0.2, 0) is 6.54 Å². The number of benzene rings is 1. The summed E-state index contributed by atoms with van der Waals surface area (Å²) in [6.07, 6.45) is 1.78. The fraction of sp³-hybridized carbons (Fsp3) is 0.118. The summed E-state index contributed by atoms with van der Waals surface area (Å²) >= 11 is 0. The molecule has 0 atom stereocenters. The minimum atomic E-state index is 0.627. The Morgan fingerprint density at radius 3 is 2.45 bits per heavy atom. The summed E-state index contributed by atoms with van der Waals surface area (Å²) in [6, 6.07) is 17.7. The van der Waals surface area contributed by atoms with Crippen molar-refractivity contribution in [1.82, 2.24) is 15.0 Å². The van der Waals surface area contributed by atoms with Crippen LogP contribution in [0.1, 0.15) is 11.5 Å². The average molecular weight is 291 g/mol. The molecule has 1 aromatic carbocycles. The lowest BCUT2D eigenvalue weighted by Crippen LogP contribution is -2.06. The van der Waals surface area contributed by atoms with E-state index in [0.29, 0.717) is 12.4 Å². The van der Waals surface area contributed by atoms with Gasteiger partial charge in [-0.2, -0.15) is 0 Å². The minimum Gasteiger partial charge on any atom is -0.364 e. The van der Waals surface area contributed by atoms with Gasteiger partial charge < -0.3 is 10.6 Å². The van der Waals surface area contributed by atoms with Crippen LogP contribution in [0.15, 0.2) is 60.8 Å². The second kappa shape index (κ2) is 6.67. The fourth-order valence-electron chi connectivity index (χ4n) is 2.08. The van der Waals surface area contributed by atoms with Crippen LogP contribution in [0, 0.1) is 6.92 Å². The average Bonchev–Trinajstić information content (AvgIpc) is 2.54. The number of para-hydroxylation sites is 1. The molecule has 2 heterocycles. The molecule has 0 unspecified atom stereocenters. The molecule has 0 fully saturated rings. The van der Waals surface area contributed by atoms with E-state index in [9.17, 15) is 0 Å². The molecule has 3 aromatic rings. The molecule has 0 saturated carbocycles. The maximum absolute atomic E-state index is 4.41. The SMILES string of the molecule is Cc1nc(NCc2ccccn2)cc(Nc2ccccc2)n1. The first-order chi connectivity index (χ1) is 10.8. The van der Waals surface area contributed by atoms with Gasteiger partial charge in [-0.05, 0) is 31.2 Å². The number of hydrogen-bond acceptors (Lipinski definition) is 5. The number of nitrogens with one attached hydrogen (secondary N) is 2. The van der Waals surface area contributed by atoms with Gasteiger partial charge in [0.25, 0.3) is 0 Å². The van der Waals surface area contributed by atoms with E-state index in [1.807, 2.05) is 61.5 Å². The van der Waals surface area contributed by atoms with Gasteiger partial charge in [0.2, 0.25) is 0 Å². The van der Waals surface area contributed by atoms with Gasteiger partial charge in [-0.15, -0.1) is 0 Å². The molecule has 5 heteroatoms. The van der Waals surface area contributed by atoms with Crippen molar-refractivity contribution in [3.05, 3.63) is 72.3 Å². The Kier molecular flexibility index (Phi) is 4.25. The summed E-state index contributed by atoms with van der Waals surface area (Å²) < 4.78 is 0. The molecule has 0 aliphatic rings. The van der Waals surface area contributed by atoms with Crippen molar-refractivity contribution in [2.75, 3.05) is 10.6 Å². The van der Waals surface area contributed by atoms with E-state index < -0.39 is 0 Å². The topological polar surface area (TPSA) is 62.7 Å². The third-order valence-electron chi connectivity index (χ3n) is 3.06. The largest absolute Gasteiger partial charge is 0.364 e. The first kappa shape index (κ1) is 14.0. The summed E-state index contributed by atoms with van der Waals surface area (Å²) in [5.41, 5.74) is 1.97. The summed E-state index contributed by atoms with van der Waals surface area (Å²) in [5, 5.41) is 6.55. The first-order valence-electron chi connectivity index (χ1n) is 7.11. The van der Waals surface area contributed by atoms with Crippen molar-refractivity contribution in [2.45, 2.75) is 13.5 Å². The summed E-state index contributed by atoms with van der Waals surface area (Å²) in [6.45, 7) is 2.50. The number of aryl methyl sites for hydroxylation is 1. The fourth-order valence-corrected chi connectivity index (χ4v) is 2.08. The second-order valence-electron chi connectivity index (χ2n) is 4.85. The molecule has 0 aliphatic heterocycles. The zero-order valence-electron chi connectivity index (χ0n) is 12.3. The van der Waals surface area contributed by atoms with Gasteiger partial charge in [0.05, 0.1) is 12.2 Å². The Bertz CT molecular complexity index is 729. The Labute approximate surface area is 129 Å². The standard InChI is InChI=1S/C17H17N5/c1-13-20-16(19-12-15-9-5-6-10-18-15)11-17(21-13)22-14-7-3-2-4-8-14/h2-11H,12H2,1H3,(H2,19,20,21,22). The number of anilines is 3. The highest BCUT2D eigenvalue weighted by Crippen LogP contribution is 2.17. The van der Waals surface area contributed by atoms with Crippen molar-refractivity contribution in [3.8, 4) is 0 Å². The van der Waals surface area contributed by atoms with Crippen LogP contribution in [0.2, 0.25) is 0 Å². The lowest BCUT2D eigenvalue weighted by molar-refractivity contribution is 0.996. The molecule has 0 amide bonds. The monoisotopic (exact) mass is 291 g/mol. The Hall–Kier alpha value is -2.95. The van der Waals surface area contributed by atoms with Crippen molar-refractivity contribution in [1.29, 1.82) is 0 Å². The Balaban J connectivity index is 1.72. The minimum absolute atomic E-state index is 0.627. The van der Waals surface area contributed by atoms with Gasteiger partial charge in [0.15, 0.2) is 0 Å². The Morgan fingerprint density at radius 1 is 0.909 bits per heavy atom. The van der Waals surface area contributed by atoms with Crippen LogP contribution < -0.4 is 10.6 Å². The number of rotatable bonds is 5. The summed E-state index contributed by atoms with van der Waals surface area (Å²) in [4.78, 5) is 13.1. The molecule has 110 valence electrons. The molecule has 0 radical (unpaired) electrons. The van der Waals surface area contributed by atoms with Crippen LogP contribution in [0.5, 0.6) is 0 Å². The van der Waals surface area contributed by atoms with E-state index in [4.69, 9.17) is 0 Å². The molecule has 0 spiro atoms. The van der Waals surface area contributed by atoms with Gasteiger partial charge in [-0.25, -0.2) is 9.97 Å². The van der Waals surface area contributed by atoms with Crippen LogP contribution in [0.25, 0.3) is 0 Å². The van der Waals surface area contributed by atoms with Gasteiger partial charge in [0.1, 0.15) is 17.5 Å². The normalized spacial score (nSPS) is 10.2. The lowest BCUT2D eigenvalue weighted by atomic mass is 10.3. The van der Waals surface area contributed by atoms with Gasteiger partial charge >= 0.3 is 0 Å². The summed E-state index contributed by atoms with van der Waals surface area (Å²) in [5.74, 6) is 2.25. The molecule has 22 heavy (non-hydrogen) atoms. The number of pyridine rings is 1. The van der Waals surface area contributed by atoms with E-state index in [2.05, 4.69) is 25.6 Å². The second-order valence-corrected chi connectivity index (χ2v) is 4.85. The van der Waals surface area contributed by atoms with Crippen molar-refractivity contribution in [3.63, 3.8) is 0 Å². The van der Waals surface area contributed by atoms with Crippen molar-refractivity contribution < 1.29 is 0 Å². The number of aromatic nitrogens is 3. The molecule has 5 nitrogen and oxygen atoms in total. The predicted molar refractivity (Wildman–Crippen MR) is 88.1 cm³/mol. The maximum Gasteiger partial charge on any atom is 0.136 e. The van der Waals surface area contributed by atoms with Crippen molar-refractivity contribution in [2.24, 2.45) is 0 Å². The molecule has 0 bridgehead atoms. The lowest BCUT2D eigenvalue weighted by Gasteiger charge is -2.10.